The summed E-state index contributed by atoms with van der Waals surface area (Å²) in [5.74, 6) is -1.58. The molecule has 5 nitrogen and oxygen atoms in total. The van der Waals surface area contributed by atoms with Crippen LogP contribution in [0.4, 0.5) is 5.69 Å². The Morgan fingerprint density at radius 2 is 1.94 bits per heavy atom. The molecular formula is C12H14N2O3. The number of para-hydroxylation sites is 1. The zero-order valence-electron chi connectivity index (χ0n) is 9.22. The standard InChI is InChI=1S/C12H14N2O3/c1-8(7-10(13)12(16)17)11(15)14-9-5-3-2-4-6-9/h2-6,10H,1,7,13H2,(H,14,15)(H,16,17)/t10-/m0/s1. The van der Waals surface area contributed by atoms with Gasteiger partial charge >= 0.3 is 5.97 Å². The second kappa shape index (κ2) is 5.81. The Morgan fingerprint density at radius 1 is 1.35 bits per heavy atom. The predicted octanol–water partition coefficient (Wildman–Crippen LogP) is 0.983. The number of hydrogen-bond acceptors (Lipinski definition) is 3. The maximum atomic E-state index is 11.6. The lowest BCUT2D eigenvalue weighted by atomic mass is 10.1. The molecule has 0 aliphatic rings. The van der Waals surface area contributed by atoms with Crippen molar-refractivity contribution in [1.29, 1.82) is 0 Å². The van der Waals surface area contributed by atoms with Crippen molar-refractivity contribution in [3.63, 3.8) is 0 Å². The Labute approximate surface area is 98.9 Å². The number of nitrogens with two attached hydrogens (primary N) is 1. The topological polar surface area (TPSA) is 92.4 Å². The van der Waals surface area contributed by atoms with Crippen LogP contribution in [0.2, 0.25) is 0 Å². The largest absolute Gasteiger partial charge is 0.480 e. The molecule has 1 rings (SSSR count). The average molecular weight is 234 g/mol. The molecule has 0 heterocycles. The van der Waals surface area contributed by atoms with Crippen molar-refractivity contribution < 1.29 is 14.7 Å². The van der Waals surface area contributed by atoms with Gasteiger partial charge in [0.25, 0.3) is 5.91 Å². The number of anilines is 1. The SMILES string of the molecule is C=C(C[C@H](N)C(=O)O)C(=O)Nc1ccccc1. The molecule has 90 valence electrons. The van der Waals surface area contributed by atoms with Gasteiger partial charge in [-0.1, -0.05) is 24.8 Å². The Kier molecular flexibility index (Phi) is 4.42. The molecule has 5 heteroatoms. The first-order chi connectivity index (χ1) is 8.00. The molecule has 0 unspecified atom stereocenters. The number of carbonyl (C=O) groups is 2. The lowest BCUT2D eigenvalue weighted by Crippen LogP contribution is -2.32. The number of benzene rings is 1. The zero-order valence-corrected chi connectivity index (χ0v) is 9.22. The third kappa shape index (κ3) is 4.08. The number of carboxylic acids is 1. The number of carbonyl (C=O) groups excluding carboxylic acids is 1. The molecule has 17 heavy (non-hydrogen) atoms. The van der Waals surface area contributed by atoms with Gasteiger partial charge in [-0.05, 0) is 12.1 Å². The highest BCUT2D eigenvalue weighted by molar-refractivity contribution is 6.03. The monoisotopic (exact) mass is 234 g/mol. The van der Waals surface area contributed by atoms with E-state index in [-0.39, 0.29) is 12.0 Å². The summed E-state index contributed by atoms with van der Waals surface area (Å²) in [4.78, 5) is 22.1. The fourth-order valence-electron chi connectivity index (χ4n) is 1.19. The van der Waals surface area contributed by atoms with Gasteiger partial charge in [-0.3, -0.25) is 9.59 Å². The molecule has 0 aliphatic carbocycles. The molecule has 0 spiro atoms. The third-order valence-electron chi connectivity index (χ3n) is 2.14. The van der Waals surface area contributed by atoms with Crippen LogP contribution in [0.15, 0.2) is 42.5 Å². The maximum Gasteiger partial charge on any atom is 0.320 e. The summed E-state index contributed by atoms with van der Waals surface area (Å²) in [6.45, 7) is 3.52. The molecular weight excluding hydrogens is 220 g/mol. The first kappa shape index (κ1) is 12.9. The number of rotatable bonds is 5. The minimum absolute atomic E-state index is 0.0754. The molecule has 0 bridgehead atoms. The molecule has 1 atom stereocenters. The van der Waals surface area contributed by atoms with E-state index >= 15 is 0 Å². The molecule has 1 amide bonds. The van der Waals surface area contributed by atoms with E-state index in [2.05, 4.69) is 11.9 Å². The molecule has 0 aliphatic heterocycles. The minimum Gasteiger partial charge on any atom is -0.480 e. The van der Waals surface area contributed by atoms with Crippen LogP contribution >= 0.6 is 0 Å². The molecule has 0 saturated carbocycles. The van der Waals surface area contributed by atoms with Gasteiger partial charge in [0.15, 0.2) is 0 Å². The number of nitrogens with one attached hydrogen (secondary N) is 1. The number of amides is 1. The summed E-state index contributed by atoms with van der Waals surface area (Å²) < 4.78 is 0. The van der Waals surface area contributed by atoms with Crippen molar-refractivity contribution in [2.24, 2.45) is 5.73 Å². The van der Waals surface area contributed by atoms with E-state index in [4.69, 9.17) is 10.8 Å². The van der Waals surface area contributed by atoms with Crippen LogP contribution in [0.3, 0.4) is 0 Å². The van der Waals surface area contributed by atoms with Gasteiger partial charge in [-0.15, -0.1) is 0 Å². The van der Waals surface area contributed by atoms with Crippen molar-refractivity contribution in [1.82, 2.24) is 0 Å². The molecule has 4 N–H and O–H groups in total. The highest BCUT2D eigenvalue weighted by Gasteiger charge is 2.16. The number of hydrogen-bond donors (Lipinski definition) is 3. The second-order valence-electron chi connectivity index (χ2n) is 3.57. The van der Waals surface area contributed by atoms with Gasteiger partial charge < -0.3 is 16.2 Å². The molecule has 0 aromatic heterocycles. The summed E-state index contributed by atoms with van der Waals surface area (Å²) in [5.41, 5.74) is 6.08. The molecule has 1 aromatic rings. The van der Waals surface area contributed by atoms with Crippen LogP contribution in [0.25, 0.3) is 0 Å². The first-order valence-electron chi connectivity index (χ1n) is 5.03. The summed E-state index contributed by atoms with van der Waals surface area (Å²) in [6.07, 6.45) is -0.0754. The highest BCUT2D eigenvalue weighted by atomic mass is 16.4. The van der Waals surface area contributed by atoms with E-state index < -0.39 is 17.9 Å². The normalized spacial score (nSPS) is 11.6. The second-order valence-corrected chi connectivity index (χ2v) is 3.57. The summed E-state index contributed by atoms with van der Waals surface area (Å²) in [6, 6.07) is 7.72. The van der Waals surface area contributed by atoms with E-state index in [9.17, 15) is 9.59 Å². The van der Waals surface area contributed by atoms with Gasteiger partial charge in [0.1, 0.15) is 6.04 Å². The smallest absolute Gasteiger partial charge is 0.320 e. The van der Waals surface area contributed by atoms with Crippen LogP contribution in [-0.2, 0) is 9.59 Å². The van der Waals surface area contributed by atoms with Crippen molar-refractivity contribution in [2.45, 2.75) is 12.5 Å². The molecule has 0 fully saturated rings. The molecule has 1 aromatic carbocycles. The maximum absolute atomic E-state index is 11.6. The van der Waals surface area contributed by atoms with Crippen molar-refractivity contribution in [2.75, 3.05) is 5.32 Å². The summed E-state index contributed by atoms with van der Waals surface area (Å²) >= 11 is 0. The Bertz CT molecular complexity index is 429. The van der Waals surface area contributed by atoms with Gasteiger partial charge in [-0.2, -0.15) is 0 Å². The Balaban J connectivity index is 2.54. The zero-order chi connectivity index (χ0) is 12.8. The fourth-order valence-corrected chi connectivity index (χ4v) is 1.19. The minimum atomic E-state index is -1.15. The Morgan fingerprint density at radius 3 is 2.47 bits per heavy atom. The van der Waals surface area contributed by atoms with Crippen molar-refractivity contribution in [3.8, 4) is 0 Å². The van der Waals surface area contributed by atoms with Crippen LogP contribution in [-0.4, -0.2) is 23.0 Å². The van der Waals surface area contributed by atoms with E-state index in [1.807, 2.05) is 6.07 Å². The summed E-state index contributed by atoms with van der Waals surface area (Å²) in [5, 5.41) is 11.2. The van der Waals surface area contributed by atoms with Crippen LogP contribution in [0.5, 0.6) is 0 Å². The summed E-state index contributed by atoms with van der Waals surface area (Å²) in [7, 11) is 0. The van der Waals surface area contributed by atoms with E-state index in [0.29, 0.717) is 5.69 Å². The van der Waals surface area contributed by atoms with E-state index in [1.165, 1.54) is 0 Å². The molecule has 0 saturated heterocycles. The van der Waals surface area contributed by atoms with Gasteiger partial charge in [0, 0.05) is 17.7 Å². The van der Waals surface area contributed by atoms with Crippen LogP contribution < -0.4 is 11.1 Å². The van der Waals surface area contributed by atoms with Gasteiger partial charge in [0.2, 0.25) is 0 Å². The van der Waals surface area contributed by atoms with E-state index in [0.717, 1.165) is 0 Å². The fraction of sp³-hybridized carbons (Fsp3) is 0.167. The van der Waals surface area contributed by atoms with Gasteiger partial charge in [-0.25, -0.2) is 0 Å². The average Bonchev–Trinajstić information content (AvgIpc) is 2.29. The molecule has 0 radical (unpaired) electrons. The lowest BCUT2D eigenvalue weighted by molar-refractivity contribution is -0.138. The van der Waals surface area contributed by atoms with Crippen molar-refractivity contribution in [3.05, 3.63) is 42.5 Å². The van der Waals surface area contributed by atoms with Crippen LogP contribution in [0, 0.1) is 0 Å². The highest BCUT2D eigenvalue weighted by Crippen LogP contribution is 2.09. The number of carboxylic acid groups (broad SMARTS) is 1. The van der Waals surface area contributed by atoms with Crippen molar-refractivity contribution >= 4 is 17.6 Å². The Hall–Kier alpha value is -2.14. The third-order valence-corrected chi connectivity index (χ3v) is 2.14. The predicted molar refractivity (Wildman–Crippen MR) is 64.4 cm³/mol. The lowest BCUT2D eigenvalue weighted by Gasteiger charge is -2.09. The quantitative estimate of drug-likeness (QED) is 0.662. The first-order valence-corrected chi connectivity index (χ1v) is 5.03. The van der Waals surface area contributed by atoms with E-state index in [1.54, 1.807) is 24.3 Å². The van der Waals surface area contributed by atoms with Gasteiger partial charge in [0.05, 0.1) is 0 Å². The van der Waals surface area contributed by atoms with Crippen LogP contribution in [0.1, 0.15) is 6.42 Å². The number of aliphatic carboxylic acids is 1.